The predicted molar refractivity (Wildman–Crippen MR) is 59.2 cm³/mol. The largest absolute Gasteiger partial charge is 0.361 e. The standard InChI is InChI=1S/C11H17N3/c1-13-9-14(7-6-12)8-10-4-2-3-5-11(10)13/h2-5H,6-9,12H2,1H3. The molecule has 14 heavy (non-hydrogen) atoms. The average Bonchev–Trinajstić information content (AvgIpc) is 2.18. The van der Waals surface area contributed by atoms with Crippen LogP contribution in [0.25, 0.3) is 0 Å². The highest BCUT2D eigenvalue weighted by atomic mass is 15.3. The van der Waals surface area contributed by atoms with Gasteiger partial charge in [0.25, 0.3) is 0 Å². The molecule has 0 saturated heterocycles. The van der Waals surface area contributed by atoms with Gasteiger partial charge in [-0.25, -0.2) is 0 Å². The van der Waals surface area contributed by atoms with Gasteiger partial charge < -0.3 is 10.6 Å². The lowest BCUT2D eigenvalue weighted by Gasteiger charge is -2.35. The number of benzene rings is 1. The summed E-state index contributed by atoms with van der Waals surface area (Å²) in [4.78, 5) is 4.64. The van der Waals surface area contributed by atoms with Crippen molar-refractivity contribution in [2.45, 2.75) is 6.54 Å². The van der Waals surface area contributed by atoms with Crippen molar-refractivity contribution in [2.75, 3.05) is 31.7 Å². The third-order valence-electron chi connectivity index (χ3n) is 2.65. The summed E-state index contributed by atoms with van der Waals surface area (Å²) in [7, 11) is 2.13. The van der Waals surface area contributed by atoms with E-state index in [9.17, 15) is 0 Å². The van der Waals surface area contributed by atoms with E-state index in [1.54, 1.807) is 0 Å². The van der Waals surface area contributed by atoms with Crippen LogP contribution in [0.1, 0.15) is 5.56 Å². The van der Waals surface area contributed by atoms with Gasteiger partial charge in [0.15, 0.2) is 0 Å². The lowest BCUT2D eigenvalue weighted by Crippen LogP contribution is -2.42. The third kappa shape index (κ3) is 1.74. The maximum absolute atomic E-state index is 5.56. The molecule has 1 aromatic rings. The minimum absolute atomic E-state index is 0.732. The first-order valence-corrected chi connectivity index (χ1v) is 5.02. The van der Waals surface area contributed by atoms with Crippen molar-refractivity contribution in [2.24, 2.45) is 5.73 Å². The second-order valence-electron chi connectivity index (χ2n) is 3.81. The first-order chi connectivity index (χ1) is 6.81. The molecule has 2 rings (SSSR count). The maximum atomic E-state index is 5.56. The molecule has 3 nitrogen and oxygen atoms in total. The molecule has 1 aliphatic heterocycles. The van der Waals surface area contributed by atoms with Gasteiger partial charge in [-0.1, -0.05) is 18.2 Å². The van der Waals surface area contributed by atoms with E-state index < -0.39 is 0 Å². The Labute approximate surface area is 85.1 Å². The van der Waals surface area contributed by atoms with Crippen LogP contribution in [0.2, 0.25) is 0 Å². The maximum Gasteiger partial charge on any atom is 0.0707 e. The molecule has 0 spiro atoms. The molecule has 0 aliphatic carbocycles. The van der Waals surface area contributed by atoms with Crippen LogP contribution in [0.3, 0.4) is 0 Å². The van der Waals surface area contributed by atoms with Gasteiger partial charge in [0, 0.05) is 32.4 Å². The highest BCUT2D eigenvalue weighted by Crippen LogP contribution is 2.24. The van der Waals surface area contributed by atoms with Crippen molar-refractivity contribution in [3.8, 4) is 0 Å². The summed E-state index contributed by atoms with van der Waals surface area (Å²) in [6, 6.07) is 8.55. The summed E-state index contributed by atoms with van der Waals surface area (Å²) in [5.41, 5.74) is 8.31. The Kier molecular flexibility index (Phi) is 2.70. The predicted octanol–water partition coefficient (Wildman–Crippen LogP) is 0.855. The number of rotatable bonds is 2. The number of para-hydroxylation sites is 1. The fourth-order valence-corrected chi connectivity index (χ4v) is 2.02. The SMILES string of the molecule is CN1CN(CCN)Cc2ccccc21. The first-order valence-electron chi connectivity index (χ1n) is 5.02. The zero-order valence-corrected chi connectivity index (χ0v) is 8.61. The van der Waals surface area contributed by atoms with E-state index in [0.29, 0.717) is 0 Å². The molecule has 0 atom stereocenters. The monoisotopic (exact) mass is 191 g/mol. The summed E-state index contributed by atoms with van der Waals surface area (Å²) in [5, 5.41) is 0. The van der Waals surface area contributed by atoms with Crippen LogP contribution >= 0.6 is 0 Å². The Morgan fingerprint density at radius 1 is 1.36 bits per heavy atom. The zero-order chi connectivity index (χ0) is 9.97. The molecule has 0 saturated carbocycles. The number of fused-ring (bicyclic) bond motifs is 1. The Hall–Kier alpha value is -1.06. The van der Waals surface area contributed by atoms with Crippen molar-refractivity contribution in [3.63, 3.8) is 0 Å². The molecule has 0 radical (unpaired) electrons. The van der Waals surface area contributed by atoms with Crippen molar-refractivity contribution in [1.82, 2.24) is 4.90 Å². The molecule has 0 aromatic heterocycles. The van der Waals surface area contributed by atoms with Crippen LogP contribution in [-0.2, 0) is 6.54 Å². The normalized spacial score (nSPS) is 16.9. The Morgan fingerprint density at radius 3 is 2.93 bits per heavy atom. The Morgan fingerprint density at radius 2 is 2.14 bits per heavy atom. The van der Waals surface area contributed by atoms with Gasteiger partial charge in [-0.3, -0.25) is 4.90 Å². The van der Waals surface area contributed by atoms with E-state index >= 15 is 0 Å². The Balaban J connectivity index is 2.20. The Bertz CT molecular complexity index is 311. The van der Waals surface area contributed by atoms with Gasteiger partial charge in [0.1, 0.15) is 0 Å². The molecule has 1 heterocycles. The van der Waals surface area contributed by atoms with Crippen LogP contribution in [0, 0.1) is 0 Å². The highest BCUT2D eigenvalue weighted by Gasteiger charge is 2.18. The van der Waals surface area contributed by atoms with Crippen LogP contribution in [0.5, 0.6) is 0 Å². The second kappa shape index (κ2) is 3.98. The highest BCUT2D eigenvalue weighted by molar-refractivity contribution is 5.54. The van der Waals surface area contributed by atoms with E-state index in [0.717, 1.165) is 26.3 Å². The molecule has 0 unspecified atom stereocenters. The number of anilines is 1. The molecule has 1 aromatic carbocycles. The summed E-state index contributed by atoms with van der Waals surface area (Å²) in [6.45, 7) is 3.71. The number of hydrogen-bond donors (Lipinski definition) is 1. The number of nitrogens with zero attached hydrogens (tertiary/aromatic N) is 2. The van der Waals surface area contributed by atoms with Crippen molar-refractivity contribution < 1.29 is 0 Å². The second-order valence-corrected chi connectivity index (χ2v) is 3.81. The summed E-state index contributed by atoms with van der Waals surface area (Å²) in [5.74, 6) is 0. The lowest BCUT2D eigenvalue weighted by atomic mass is 10.1. The van der Waals surface area contributed by atoms with Gasteiger partial charge in [-0.15, -0.1) is 0 Å². The van der Waals surface area contributed by atoms with Gasteiger partial charge >= 0.3 is 0 Å². The number of hydrogen-bond acceptors (Lipinski definition) is 3. The van der Waals surface area contributed by atoms with Crippen molar-refractivity contribution in [3.05, 3.63) is 29.8 Å². The minimum atomic E-state index is 0.732. The molecular formula is C11H17N3. The van der Waals surface area contributed by atoms with Gasteiger partial charge in [0.05, 0.1) is 6.67 Å². The molecule has 0 amide bonds. The van der Waals surface area contributed by atoms with E-state index in [1.165, 1.54) is 11.3 Å². The summed E-state index contributed by atoms with van der Waals surface area (Å²) < 4.78 is 0. The lowest BCUT2D eigenvalue weighted by molar-refractivity contribution is 0.264. The molecule has 3 heteroatoms. The summed E-state index contributed by atoms with van der Waals surface area (Å²) in [6.07, 6.45) is 0. The van der Waals surface area contributed by atoms with Crippen molar-refractivity contribution >= 4 is 5.69 Å². The minimum Gasteiger partial charge on any atom is -0.361 e. The van der Waals surface area contributed by atoms with E-state index in [4.69, 9.17) is 5.73 Å². The smallest absolute Gasteiger partial charge is 0.0707 e. The van der Waals surface area contributed by atoms with Crippen LogP contribution in [0.15, 0.2) is 24.3 Å². The van der Waals surface area contributed by atoms with Gasteiger partial charge in [-0.2, -0.15) is 0 Å². The van der Waals surface area contributed by atoms with Gasteiger partial charge in [-0.05, 0) is 11.6 Å². The number of nitrogens with two attached hydrogens (primary N) is 1. The molecule has 2 N–H and O–H groups in total. The first kappa shape index (κ1) is 9.49. The van der Waals surface area contributed by atoms with E-state index in [-0.39, 0.29) is 0 Å². The van der Waals surface area contributed by atoms with E-state index in [2.05, 4.69) is 41.1 Å². The van der Waals surface area contributed by atoms with E-state index in [1.807, 2.05) is 0 Å². The average molecular weight is 191 g/mol. The summed E-state index contributed by atoms with van der Waals surface area (Å²) >= 11 is 0. The van der Waals surface area contributed by atoms with Crippen molar-refractivity contribution in [1.29, 1.82) is 0 Å². The third-order valence-corrected chi connectivity index (χ3v) is 2.65. The van der Waals surface area contributed by atoms with Crippen LogP contribution in [0.4, 0.5) is 5.69 Å². The van der Waals surface area contributed by atoms with Crippen LogP contribution in [-0.4, -0.2) is 31.7 Å². The topological polar surface area (TPSA) is 32.5 Å². The fraction of sp³-hybridized carbons (Fsp3) is 0.455. The quantitative estimate of drug-likeness (QED) is 0.752. The molecule has 0 bridgehead atoms. The molecular weight excluding hydrogens is 174 g/mol. The van der Waals surface area contributed by atoms with Gasteiger partial charge in [0.2, 0.25) is 0 Å². The molecule has 1 aliphatic rings. The molecule has 76 valence electrons. The molecule has 0 fully saturated rings. The van der Waals surface area contributed by atoms with Crippen LogP contribution < -0.4 is 10.6 Å². The zero-order valence-electron chi connectivity index (χ0n) is 8.61. The fourth-order valence-electron chi connectivity index (χ4n) is 2.02.